The van der Waals surface area contributed by atoms with E-state index in [1.807, 2.05) is 6.92 Å². The van der Waals surface area contributed by atoms with E-state index in [0.717, 1.165) is 4.57 Å². The maximum atomic E-state index is 12.5. The maximum absolute atomic E-state index is 12.5. The number of hydrogen-bond acceptors (Lipinski definition) is 3. The first-order valence-electron chi connectivity index (χ1n) is 5.28. The summed E-state index contributed by atoms with van der Waals surface area (Å²) >= 11 is 0. The standard InChI is InChI=1S/C10H15F2N3O2/c1-2-14(5-3-9(16)17)7-8-13-4-6-15(8)10(11)12/h4,6,10H,2-3,5,7H2,1H3,(H,16,17). The molecule has 0 aliphatic heterocycles. The van der Waals surface area contributed by atoms with Gasteiger partial charge in [0.05, 0.1) is 13.0 Å². The summed E-state index contributed by atoms with van der Waals surface area (Å²) in [5.41, 5.74) is 0. The molecule has 1 aromatic rings. The van der Waals surface area contributed by atoms with Crippen LogP contribution in [-0.2, 0) is 11.3 Å². The number of rotatable bonds is 7. The van der Waals surface area contributed by atoms with E-state index in [4.69, 9.17) is 5.11 Å². The summed E-state index contributed by atoms with van der Waals surface area (Å²) in [6.45, 7) is 0.356. The average molecular weight is 247 g/mol. The van der Waals surface area contributed by atoms with Crippen LogP contribution >= 0.6 is 0 Å². The van der Waals surface area contributed by atoms with Crippen molar-refractivity contribution < 1.29 is 18.7 Å². The topological polar surface area (TPSA) is 58.4 Å². The van der Waals surface area contributed by atoms with Gasteiger partial charge in [0.2, 0.25) is 0 Å². The molecule has 0 aliphatic rings. The van der Waals surface area contributed by atoms with E-state index in [0.29, 0.717) is 13.1 Å². The highest BCUT2D eigenvalue weighted by molar-refractivity contribution is 5.66. The van der Waals surface area contributed by atoms with Gasteiger partial charge < -0.3 is 5.11 Å². The van der Waals surface area contributed by atoms with E-state index in [1.54, 1.807) is 4.90 Å². The van der Waals surface area contributed by atoms with Crippen molar-refractivity contribution in [2.75, 3.05) is 13.1 Å². The van der Waals surface area contributed by atoms with E-state index in [1.165, 1.54) is 12.4 Å². The summed E-state index contributed by atoms with van der Waals surface area (Å²) in [4.78, 5) is 16.0. The molecular weight excluding hydrogens is 232 g/mol. The third-order valence-electron chi connectivity index (χ3n) is 2.41. The largest absolute Gasteiger partial charge is 0.481 e. The van der Waals surface area contributed by atoms with Gasteiger partial charge in [0.1, 0.15) is 5.82 Å². The fourth-order valence-corrected chi connectivity index (χ4v) is 1.45. The smallest absolute Gasteiger partial charge is 0.319 e. The number of aliphatic carboxylic acids is 1. The number of halogens is 2. The number of nitrogens with zero attached hydrogens (tertiary/aromatic N) is 3. The minimum Gasteiger partial charge on any atom is -0.481 e. The number of aromatic nitrogens is 2. The fourth-order valence-electron chi connectivity index (χ4n) is 1.45. The van der Waals surface area contributed by atoms with Crippen LogP contribution in [0.25, 0.3) is 0 Å². The van der Waals surface area contributed by atoms with Crippen molar-refractivity contribution in [3.63, 3.8) is 0 Å². The second kappa shape index (κ2) is 6.29. The first-order chi connectivity index (χ1) is 8.04. The molecule has 0 aliphatic carbocycles. The Balaban J connectivity index is 2.60. The molecule has 96 valence electrons. The molecule has 1 heterocycles. The number of imidazole rings is 1. The van der Waals surface area contributed by atoms with Gasteiger partial charge in [-0.1, -0.05) is 6.92 Å². The van der Waals surface area contributed by atoms with Crippen LogP contribution in [0.4, 0.5) is 8.78 Å². The monoisotopic (exact) mass is 247 g/mol. The molecule has 0 aromatic carbocycles. The van der Waals surface area contributed by atoms with Gasteiger partial charge in [-0.05, 0) is 6.54 Å². The van der Waals surface area contributed by atoms with E-state index >= 15 is 0 Å². The Morgan fingerprint density at radius 1 is 1.65 bits per heavy atom. The highest BCUT2D eigenvalue weighted by Gasteiger charge is 2.14. The molecule has 17 heavy (non-hydrogen) atoms. The summed E-state index contributed by atoms with van der Waals surface area (Å²) in [7, 11) is 0. The Labute approximate surface area is 97.7 Å². The molecule has 1 N–H and O–H groups in total. The lowest BCUT2D eigenvalue weighted by molar-refractivity contribution is -0.137. The third-order valence-corrected chi connectivity index (χ3v) is 2.41. The molecule has 0 unspecified atom stereocenters. The summed E-state index contributed by atoms with van der Waals surface area (Å²) < 4.78 is 25.9. The molecule has 5 nitrogen and oxygen atoms in total. The minimum absolute atomic E-state index is 0.0107. The number of carboxylic acids is 1. The van der Waals surface area contributed by atoms with Gasteiger partial charge >= 0.3 is 12.5 Å². The Hall–Kier alpha value is -1.50. The first kappa shape index (κ1) is 13.6. The molecule has 7 heteroatoms. The zero-order valence-corrected chi connectivity index (χ0v) is 9.51. The van der Waals surface area contributed by atoms with Crippen LogP contribution in [0.2, 0.25) is 0 Å². The Morgan fingerprint density at radius 3 is 2.88 bits per heavy atom. The second-order valence-electron chi connectivity index (χ2n) is 3.54. The molecule has 1 rings (SSSR count). The van der Waals surface area contributed by atoms with Gasteiger partial charge in [-0.25, -0.2) is 4.98 Å². The summed E-state index contributed by atoms with van der Waals surface area (Å²) in [6, 6.07) is 0. The van der Waals surface area contributed by atoms with Gasteiger partial charge in [0, 0.05) is 18.9 Å². The van der Waals surface area contributed by atoms with Crippen LogP contribution in [0.3, 0.4) is 0 Å². The molecule has 0 bridgehead atoms. The summed E-state index contributed by atoms with van der Waals surface area (Å²) in [5.74, 6) is -0.659. The highest BCUT2D eigenvalue weighted by atomic mass is 19.3. The fraction of sp³-hybridized carbons (Fsp3) is 0.600. The highest BCUT2D eigenvalue weighted by Crippen LogP contribution is 2.13. The van der Waals surface area contributed by atoms with Crippen LogP contribution in [0.5, 0.6) is 0 Å². The predicted octanol–water partition coefficient (Wildman–Crippen LogP) is 1.57. The Morgan fingerprint density at radius 2 is 2.35 bits per heavy atom. The first-order valence-corrected chi connectivity index (χ1v) is 5.28. The second-order valence-corrected chi connectivity index (χ2v) is 3.54. The molecule has 0 amide bonds. The molecule has 0 saturated carbocycles. The normalized spacial score (nSPS) is 11.4. The van der Waals surface area contributed by atoms with E-state index in [9.17, 15) is 13.6 Å². The number of carboxylic acid groups (broad SMARTS) is 1. The van der Waals surface area contributed by atoms with Crippen LogP contribution in [0.15, 0.2) is 12.4 Å². The van der Waals surface area contributed by atoms with E-state index < -0.39 is 12.5 Å². The van der Waals surface area contributed by atoms with Gasteiger partial charge in [-0.15, -0.1) is 0 Å². The molecule has 1 aromatic heterocycles. The lowest BCUT2D eigenvalue weighted by atomic mass is 10.3. The third kappa shape index (κ3) is 4.10. The van der Waals surface area contributed by atoms with E-state index in [2.05, 4.69) is 4.98 Å². The maximum Gasteiger partial charge on any atom is 0.319 e. The number of alkyl halides is 2. The zero-order valence-electron chi connectivity index (χ0n) is 9.51. The van der Waals surface area contributed by atoms with Crippen molar-refractivity contribution in [2.45, 2.75) is 26.4 Å². The Bertz CT molecular complexity index is 368. The molecular formula is C10H15F2N3O2. The average Bonchev–Trinajstić information content (AvgIpc) is 2.71. The van der Waals surface area contributed by atoms with Gasteiger partial charge in [-0.2, -0.15) is 8.78 Å². The van der Waals surface area contributed by atoms with Crippen molar-refractivity contribution in [3.05, 3.63) is 18.2 Å². The lowest BCUT2D eigenvalue weighted by Gasteiger charge is -2.19. The van der Waals surface area contributed by atoms with Crippen molar-refractivity contribution in [2.24, 2.45) is 0 Å². The SMILES string of the molecule is CCN(CCC(=O)O)Cc1nccn1C(F)F. The predicted molar refractivity (Wildman–Crippen MR) is 56.7 cm³/mol. The number of hydrogen-bond donors (Lipinski definition) is 1. The van der Waals surface area contributed by atoms with Crippen LogP contribution in [-0.4, -0.2) is 38.6 Å². The van der Waals surface area contributed by atoms with Gasteiger partial charge in [0.15, 0.2) is 0 Å². The molecule has 0 spiro atoms. The molecule has 0 saturated heterocycles. The van der Waals surface area contributed by atoms with Crippen LogP contribution in [0.1, 0.15) is 25.7 Å². The number of carbonyl (C=O) groups is 1. The van der Waals surface area contributed by atoms with E-state index in [-0.39, 0.29) is 18.8 Å². The van der Waals surface area contributed by atoms with Crippen molar-refractivity contribution in [1.82, 2.24) is 14.5 Å². The van der Waals surface area contributed by atoms with Crippen molar-refractivity contribution >= 4 is 5.97 Å². The van der Waals surface area contributed by atoms with Crippen LogP contribution < -0.4 is 0 Å². The van der Waals surface area contributed by atoms with Crippen molar-refractivity contribution in [1.29, 1.82) is 0 Å². The summed E-state index contributed by atoms with van der Waals surface area (Å²) in [6.07, 6.45) is 2.51. The van der Waals surface area contributed by atoms with Crippen molar-refractivity contribution in [3.8, 4) is 0 Å². The molecule has 0 fully saturated rings. The Kier molecular flexibility index (Phi) is 5.02. The quantitative estimate of drug-likeness (QED) is 0.794. The zero-order chi connectivity index (χ0) is 12.8. The lowest BCUT2D eigenvalue weighted by Crippen LogP contribution is -2.27. The summed E-state index contributed by atoms with van der Waals surface area (Å²) in [5, 5.41) is 8.56. The molecule has 0 atom stereocenters. The van der Waals surface area contributed by atoms with Gasteiger partial charge in [0.25, 0.3) is 0 Å². The minimum atomic E-state index is -2.62. The van der Waals surface area contributed by atoms with Crippen LogP contribution in [0, 0.1) is 0 Å². The van der Waals surface area contributed by atoms with Gasteiger partial charge in [-0.3, -0.25) is 14.3 Å². The molecule has 0 radical (unpaired) electrons.